The molecule has 1 amide bonds. The zero-order chi connectivity index (χ0) is 13.8. The number of methoxy groups -OCH3 is 1. The van der Waals surface area contributed by atoms with Crippen LogP contribution in [0.25, 0.3) is 0 Å². The average Bonchev–Trinajstić information content (AvgIpc) is 2.89. The van der Waals surface area contributed by atoms with E-state index in [0.29, 0.717) is 26.9 Å². The summed E-state index contributed by atoms with van der Waals surface area (Å²) in [6.07, 6.45) is 0. The summed E-state index contributed by atoms with van der Waals surface area (Å²) in [6.45, 7) is 0. The van der Waals surface area contributed by atoms with Crippen molar-refractivity contribution in [1.82, 2.24) is 0 Å². The molecule has 1 aromatic carbocycles. The second-order valence-corrected chi connectivity index (χ2v) is 4.90. The molecule has 1 heterocycles. The van der Waals surface area contributed by atoms with Gasteiger partial charge >= 0.3 is 0 Å². The molecule has 0 aliphatic heterocycles. The van der Waals surface area contributed by atoms with Crippen molar-refractivity contribution < 1.29 is 9.53 Å². The molecule has 19 heavy (non-hydrogen) atoms. The molecule has 1 N–H and O–H groups in total. The Balaban J connectivity index is 2.27. The number of benzene rings is 1. The van der Waals surface area contributed by atoms with Crippen molar-refractivity contribution in [2.75, 3.05) is 12.4 Å². The van der Waals surface area contributed by atoms with Crippen molar-refractivity contribution in [3.05, 3.63) is 45.1 Å². The lowest BCUT2D eigenvalue weighted by Gasteiger charge is -2.07. The highest BCUT2D eigenvalue weighted by molar-refractivity contribution is 7.12. The van der Waals surface area contributed by atoms with Crippen LogP contribution in [-0.4, -0.2) is 13.0 Å². The lowest BCUT2D eigenvalue weighted by atomic mass is 10.2. The summed E-state index contributed by atoms with van der Waals surface area (Å²) in [5, 5.41) is 13.6. The van der Waals surface area contributed by atoms with E-state index in [0.717, 1.165) is 0 Å². The highest BCUT2D eigenvalue weighted by Crippen LogP contribution is 2.28. The van der Waals surface area contributed by atoms with Gasteiger partial charge in [0.2, 0.25) is 0 Å². The Kier molecular flexibility index (Phi) is 4.05. The molecule has 0 radical (unpaired) electrons. The summed E-state index contributed by atoms with van der Waals surface area (Å²) in [5.41, 5.74) is 0.832. The second kappa shape index (κ2) is 5.74. The van der Waals surface area contributed by atoms with Crippen LogP contribution in [0.3, 0.4) is 0 Å². The van der Waals surface area contributed by atoms with Crippen LogP contribution in [0.2, 0.25) is 5.02 Å². The quantitative estimate of drug-likeness (QED) is 0.941. The molecule has 0 atom stereocenters. The minimum Gasteiger partial charge on any atom is -0.495 e. The molecule has 0 saturated heterocycles. The van der Waals surface area contributed by atoms with Gasteiger partial charge in [0.25, 0.3) is 5.91 Å². The predicted molar refractivity (Wildman–Crippen MR) is 75.0 cm³/mol. The SMILES string of the molecule is COc1ccsc1C(=O)Nc1cc(C#N)ccc1Cl. The monoisotopic (exact) mass is 292 g/mol. The number of thiophene rings is 1. The summed E-state index contributed by atoms with van der Waals surface area (Å²) < 4.78 is 5.08. The van der Waals surface area contributed by atoms with Crippen LogP contribution in [0, 0.1) is 11.3 Å². The lowest BCUT2D eigenvalue weighted by molar-refractivity contribution is 0.102. The number of hydrogen-bond acceptors (Lipinski definition) is 4. The topological polar surface area (TPSA) is 62.1 Å². The van der Waals surface area contributed by atoms with E-state index in [4.69, 9.17) is 21.6 Å². The van der Waals surface area contributed by atoms with E-state index < -0.39 is 0 Å². The first kappa shape index (κ1) is 13.4. The Hall–Kier alpha value is -2.03. The molecule has 4 nitrogen and oxygen atoms in total. The number of amides is 1. The molecule has 2 rings (SSSR count). The Labute approximate surface area is 119 Å². The fourth-order valence-corrected chi connectivity index (χ4v) is 2.41. The van der Waals surface area contributed by atoms with Gasteiger partial charge in [0.15, 0.2) is 0 Å². The number of hydrogen-bond donors (Lipinski definition) is 1. The van der Waals surface area contributed by atoms with Crippen LogP contribution in [0.5, 0.6) is 5.75 Å². The Morgan fingerprint density at radius 2 is 2.26 bits per heavy atom. The molecule has 0 bridgehead atoms. The number of nitriles is 1. The third-order valence-corrected chi connectivity index (χ3v) is 3.62. The van der Waals surface area contributed by atoms with Gasteiger partial charge in [-0.3, -0.25) is 4.79 Å². The zero-order valence-corrected chi connectivity index (χ0v) is 11.5. The van der Waals surface area contributed by atoms with Gasteiger partial charge in [0.05, 0.1) is 29.5 Å². The van der Waals surface area contributed by atoms with Gasteiger partial charge in [0, 0.05) is 0 Å². The Morgan fingerprint density at radius 1 is 1.47 bits per heavy atom. The number of rotatable bonds is 3. The number of ether oxygens (including phenoxy) is 1. The number of nitrogens with one attached hydrogen (secondary N) is 1. The molecular weight excluding hydrogens is 284 g/mol. The average molecular weight is 293 g/mol. The first-order chi connectivity index (χ1) is 9.15. The van der Waals surface area contributed by atoms with Gasteiger partial charge in [-0.1, -0.05) is 11.6 Å². The van der Waals surface area contributed by atoms with Crippen LogP contribution in [0.4, 0.5) is 5.69 Å². The van der Waals surface area contributed by atoms with Crippen molar-refractivity contribution >= 4 is 34.5 Å². The highest BCUT2D eigenvalue weighted by atomic mass is 35.5. The highest BCUT2D eigenvalue weighted by Gasteiger charge is 2.15. The van der Waals surface area contributed by atoms with Gasteiger partial charge in [-0.2, -0.15) is 5.26 Å². The van der Waals surface area contributed by atoms with Gasteiger partial charge < -0.3 is 10.1 Å². The smallest absolute Gasteiger partial charge is 0.269 e. The van der Waals surface area contributed by atoms with Crippen molar-refractivity contribution in [2.45, 2.75) is 0 Å². The zero-order valence-electron chi connectivity index (χ0n) is 9.94. The van der Waals surface area contributed by atoms with Crippen molar-refractivity contribution in [1.29, 1.82) is 5.26 Å². The van der Waals surface area contributed by atoms with Crippen LogP contribution < -0.4 is 10.1 Å². The summed E-state index contributed by atoms with van der Waals surface area (Å²) in [7, 11) is 1.50. The molecule has 6 heteroatoms. The maximum absolute atomic E-state index is 12.1. The minimum atomic E-state index is -0.316. The summed E-state index contributed by atoms with van der Waals surface area (Å²) in [5.74, 6) is 0.193. The normalized spacial score (nSPS) is 9.74. The van der Waals surface area contributed by atoms with E-state index in [9.17, 15) is 4.79 Å². The maximum Gasteiger partial charge on any atom is 0.269 e. The molecule has 0 unspecified atom stereocenters. The van der Waals surface area contributed by atoms with E-state index >= 15 is 0 Å². The molecule has 2 aromatic rings. The van der Waals surface area contributed by atoms with E-state index in [1.54, 1.807) is 23.6 Å². The molecule has 1 aromatic heterocycles. The molecular formula is C13H9ClN2O2S. The van der Waals surface area contributed by atoms with Crippen LogP contribution in [0.15, 0.2) is 29.6 Å². The van der Waals surface area contributed by atoms with Crippen LogP contribution in [0.1, 0.15) is 15.2 Å². The van der Waals surface area contributed by atoms with Crippen LogP contribution in [-0.2, 0) is 0 Å². The first-order valence-electron chi connectivity index (χ1n) is 5.28. The summed E-state index contributed by atoms with van der Waals surface area (Å²) >= 11 is 7.25. The van der Waals surface area contributed by atoms with Gasteiger partial charge in [-0.15, -0.1) is 11.3 Å². The van der Waals surface area contributed by atoms with Crippen molar-refractivity contribution in [3.63, 3.8) is 0 Å². The molecule has 0 saturated carbocycles. The third kappa shape index (κ3) is 2.87. The Morgan fingerprint density at radius 3 is 2.95 bits per heavy atom. The van der Waals surface area contributed by atoms with E-state index in [2.05, 4.69) is 5.32 Å². The maximum atomic E-state index is 12.1. The molecule has 0 aliphatic carbocycles. The number of anilines is 1. The van der Waals surface area contributed by atoms with E-state index in [-0.39, 0.29) is 5.91 Å². The van der Waals surface area contributed by atoms with Crippen molar-refractivity contribution in [2.24, 2.45) is 0 Å². The second-order valence-electron chi connectivity index (χ2n) is 3.58. The number of nitrogens with zero attached hydrogens (tertiary/aromatic N) is 1. The van der Waals surface area contributed by atoms with Gasteiger partial charge in [-0.05, 0) is 29.6 Å². The third-order valence-electron chi connectivity index (χ3n) is 2.40. The molecule has 0 spiro atoms. The number of carbonyl (C=O) groups excluding carboxylic acids is 1. The van der Waals surface area contributed by atoms with Gasteiger partial charge in [0.1, 0.15) is 10.6 Å². The first-order valence-corrected chi connectivity index (χ1v) is 6.54. The number of carbonyl (C=O) groups is 1. The number of halogens is 1. The summed E-state index contributed by atoms with van der Waals surface area (Å²) in [4.78, 5) is 12.5. The van der Waals surface area contributed by atoms with Gasteiger partial charge in [-0.25, -0.2) is 0 Å². The molecule has 96 valence electrons. The Bertz CT molecular complexity index is 661. The molecule has 0 aliphatic rings. The van der Waals surface area contributed by atoms with E-state index in [1.165, 1.54) is 24.5 Å². The summed E-state index contributed by atoms with van der Waals surface area (Å²) in [6, 6.07) is 8.39. The fraction of sp³-hybridized carbons (Fsp3) is 0.0769. The van der Waals surface area contributed by atoms with Crippen molar-refractivity contribution in [3.8, 4) is 11.8 Å². The minimum absolute atomic E-state index is 0.316. The van der Waals surface area contributed by atoms with E-state index in [1.807, 2.05) is 6.07 Å². The standard InChI is InChI=1S/C13H9ClN2O2S/c1-18-11-4-5-19-12(11)13(17)16-10-6-8(7-15)2-3-9(10)14/h2-6H,1H3,(H,16,17). The molecule has 0 fully saturated rings. The fourth-order valence-electron chi connectivity index (χ4n) is 1.49. The van der Waals surface area contributed by atoms with Crippen LogP contribution >= 0.6 is 22.9 Å². The lowest BCUT2D eigenvalue weighted by Crippen LogP contribution is -2.11. The predicted octanol–water partition coefficient (Wildman–Crippen LogP) is 3.53. The largest absolute Gasteiger partial charge is 0.495 e.